The molecule has 0 fully saturated rings. The van der Waals surface area contributed by atoms with Gasteiger partial charge in [0.2, 0.25) is 0 Å². The summed E-state index contributed by atoms with van der Waals surface area (Å²) >= 11 is 0. The highest BCUT2D eigenvalue weighted by Gasteiger charge is 2.12. The van der Waals surface area contributed by atoms with E-state index in [0.29, 0.717) is 13.1 Å². The van der Waals surface area contributed by atoms with E-state index in [-0.39, 0.29) is 11.4 Å². The molecule has 0 aliphatic rings. The van der Waals surface area contributed by atoms with Gasteiger partial charge in [0.05, 0.1) is 7.11 Å². The Bertz CT molecular complexity index is 450. The zero-order valence-corrected chi connectivity index (χ0v) is 13.2. The molecule has 0 bridgehead atoms. The van der Waals surface area contributed by atoms with E-state index in [4.69, 9.17) is 4.74 Å². The molecule has 2 amide bonds. The van der Waals surface area contributed by atoms with E-state index < -0.39 is 0 Å². The fraction of sp³-hybridized carbons (Fsp3) is 0.562. The lowest BCUT2D eigenvalue weighted by Gasteiger charge is -2.19. The van der Waals surface area contributed by atoms with Gasteiger partial charge in [-0.15, -0.1) is 0 Å². The van der Waals surface area contributed by atoms with Gasteiger partial charge in [0, 0.05) is 18.7 Å². The van der Waals surface area contributed by atoms with Crippen LogP contribution in [0.2, 0.25) is 0 Å². The van der Waals surface area contributed by atoms with Gasteiger partial charge in [-0.3, -0.25) is 0 Å². The third-order valence-electron chi connectivity index (χ3n) is 2.97. The van der Waals surface area contributed by atoms with Gasteiger partial charge in [0.1, 0.15) is 5.75 Å². The summed E-state index contributed by atoms with van der Waals surface area (Å²) in [7, 11) is 1.64. The van der Waals surface area contributed by atoms with E-state index in [9.17, 15) is 4.79 Å². The summed E-state index contributed by atoms with van der Waals surface area (Å²) in [5.74, 6) is 0.804. The van der Waals surface area contributed by atoms with Crippen LogP contribution in [0.3, 0.4) is 0 Å². The fourth-order valence-corrected chi connectivity index (χ4v) is 1.77. The van der Waals surface area contributed by atoms with Crippen molar-refractivity contribution < 1.29 is 9.53 Å². The summed E-state index contributed by atoms with van der Waals surface area (Å²) in [6, 6.07) is 5.91. The first-order chi connectivity index (χ1) is 9.35. The van der Waals surface area contributed by atoms with Gasteiger partial charge in [-0.1, -0.05) is 39.8 Å². The third kappa shape index (κ3) is 5.51. The van der Waals surface area contributed by atoms with Crippen molar-refractivity contribution in [2.45, 2.75) is 40.7 Å². The van der Waals surface area contributed by atoms with Gasteiger partial charge >= 0.3 is 6.03 Å². The van der Waals surface area contributed by atoms with Crippen LogP contribution in [0.1, 0.15) is 38.8 Å². The van der Waals surface area contributed by atoms with E-state index in [1.165, 1.54) is 5.56 Å². The Labute approximate surface area is 121 Å². The molecule has 0 atom stereocenters. The molecule has 112 valence electrons. The van der Waals surface area contributed by atoms with Crippen LogP contribution >= 0.6 is 0 Å². The number of methoxy groups -OCH3 is 1. The minimum Gasteiger partial charge on any atom is -0.496 e. The smallest absolute Gasteiger partial charge is 0.315 e. The van der Waals surface area contributed by atoms with E-state index in [2.05, 4.69) is 44.4 Å². The van der Waals surface area contributed by atoms with Crippen LogP contribution in [0.4, 0.5) is 4.79 Å². The molecule has 2 N–H and O–H groups in total. The first-order valence-corrected chi connectivity index (χ1v) is 7.03. The second kappa shape index (κ2) is 7.17. The van der Waals surface area contributed by atoms with Crippen molar-refractivity contribution in [2.75, 3.05) is 13.7 Å². The molecular formula is C16H26N2O2. The lowest BCUT2D eigenvalue weighted by molar-refractivity contribution is 0.235. The molecule has 0 heterocycles. The van der Waals surface area contributed by atoms with Crippen molar-refractivity contribution >= 4 is 6.03 Å². The molecule has 20 heavy (non-hydrogen) atoms. The molecule has 0 aromatic heterocycles. The number of ether oxygens (including phenoxy) is 1. The molecule has 1 rings (SSSR count). The van der Waals surface area contributed by atoms with Crippen LogP contribution in [-0.4, -0.2) is 19.7 Å². The number of benzene rings is 1. The standard InChI is InChI=1S/C16H26N2O2/c1-6-12-7-8-14(20-5)13(9-12)10-17-15(19)18-11-16(2,3)4/h7-9H,6,10-11H2,1-5H3,(H2,17,18,19). The number of carbonyl (C=O) groups is 1. The van der Waals surface area contributed by atoms with Crippen molar-refractivity contribution in [1.82, 2.24) is 10.6 Å². The van der Waals surface area contributed by atoms with Crippen molar-refractivity contribution in [3.63, 3.8) is 0 Å². The highest BCUT2D eigenvalue weighted by atomic mass is 16.5. The number of amides is 2. The maximum atomic E-state index is 11.8. The molecule has 0 unspecified atom stereocenters. The highest BCUT2D eigenvalue weighted by Crippen LogP contribution is 2.20. The summed E-state index contributed by atoms with van der Waals surface area (Å²) in [6.07, 6.45) is 0.965. The third-order valence-corrected chi connectivity index (χ3v) is 2.97. The topological polar surface area (TPSA) is 50.4 Å². The van der Waals surface area contributed by atoms with Crippen LogP contribution < -0.4 is 15.4 Å². The van der Waals surface area contributed by atoms with Crippen molar-refractivity contribution in [1.29, 1.82) is 0 Å². The number of hydrogen-bond donors (Lipinski definition) is 2. The molecule has 0 aliphatic carbocycles. The van der Waals surface area contributed by atoms with E-state index >= 15 is 0 Å². The summed E-state index contributed by atoms with van der Waals surface area (Å²) in [6.45, 7) is 9.47. The first kappa shape index (κ1) is 16.3. The monoisotopic (exact) mass is 278 g/mol. The van der Waals surface area contributed by atoms with Gasteiger partial charge in [-0.25, -0.2) is 4.79 Å². The van der Waals surface area contributed by atoms with Gasteiger partial charge < -0.3 is 15.4 Å². The summed E-state index contributed by atoms with van der Waals surface area (Å²) in [5.41, 5.74) is 2.31. The Hall–Kier alpha value is -1.71. The number of carbonyl (C=O) groups excluding carboxylic acids is 1. The minimum atomic E-state index is -0.149. The molecular weight excluding hydrogens is 252 g/mol. The Balaban J connectivity index is 2.58. The lowest BCUT2D eigenvalue weighted by Crippen LogP contribution is -2.39. The highest BCUT2D eigenvalue weighted by molar-refractivity contribution is 5.73. The number of hydrogen-bond acceptors (Lipinski definition) is 2. The Kier molecular flexibility index (Phi) is 5.86. The van der Waals surface area contributed by atoms with Crippen molar-refractivity contribution in [3.05, 3.63) is 29.3 Å². The molecule has 0 spiro atoms. The maximum absolute atomic E-state index is 11.8. The quantitative estimate of drug-likeness (QED) is 0.869. The molecule has 4 heteroatoms. The van der Waals surface area contributed by atoms with Crippen LogP contribution in [-0.2, 0) is 13.0 Å². The average molecular weight is 278 g/mol. The fourth-order valence-electron chi connectivity index (χ4n) is 1.77. The predicted octanol–water partition coefficient (Wildman–Crippen LogP) is 3.10. The number of nitrogens with one attached hydrogen (secondary N) is 2. The summed E-state index contributed by atoms with van der Waals surface area (Å²) < 4.78 is 5.32. The molecule has 1 aromatic carbocycles. The van der Waals surface area contributed by atoms with Crippen LogP contribution in [0.25, 0.3) is 0 Å². The van der Waals surface area contributed by atoms with E-state index in [1.807, 2.05) is 12.1 Å². The van der Waals surface area contributed by atoms with Gasteiger partial charge in [-0.2, -0.15) is 0 Å². The molecule has 1 aromatic rings. The zero-order valence-electron chi connectivity index (χ0n) is 13.2. The molecule has 0 saturated heterocycles. The lowest BCUT2D eigenvalue weighted by atomic mass is 9.97. The number of urea groups is 1. The Morgan fingerprint density at radius 3 is 2.50 bits per heavy atom. The SMILES string of the molecule is CCc1ccc(OC)c(CNC(=O)NCC(C)(C)C)c1. The summed E-state index contributed by atoms with van der Waals surface area (Å²) in [5, 5.41) is 5.74. The van der Waals surface area contributed by atoms with Crippen LogP contribution in [0.15, 0.2) is 18.2 Å². The van der Waals surface area contributed by atoms with Gasteiger partial charge in [-0.05, 0) is 23.5 Å². The Morgan fingerprint density at radius 1 is 1.25 bits per heavy atom. The van der Waals surface area contributed by atoms with E-state index in [1.54, 1.807) is 7.11 Å². The molecule has 0 saturated carbocycles. The number of rotatable bonds is 5. The Morgan fingerprint density at radius 2 is 1.95 bits per heavy atom. The van der Waals surface area contributed by atoms with Crippen LogP contribution in [0, 0.1) is 5.41 Å². The second-order valence-corrected chi connectivity index (χ2v) is 6.10. The molecule has 0 aliphatic heterocycles. The molecule has 4 nitrogen and oxygen atoms in total. The average Bonchev–Trinajstić information content (AvgIpc) is 2.41. The van der Waals surface area contributed by atoms with Gasteiger partial charge in [0.15, 0.2) is 0 Å². The second-order valence-electron chi connectivity index (χ2n) is 6.10. The van der Waals surface area contributed by atoms with E-state index in [0.717, 1.165) is 17.7 Å². The van der Waals surface area contributed by atoms with Crippen molar-refractivity contribution in [3.8, 4) is 5.75 Å². The minimum absolute atomic E-state index is 0.0805. The van der Waals surface area contributed by atoms with Crippen LogP contribution in [0.5, 0.6) is 5.75 Å². The predicted molar refractivity (Wildman–Crippen MR) is 82.1 cm³/mol. The maximum Gasteiger partial charge on any atom is 0.315 e. The molecule has 0 radical (unpaired) electrons. The van der Waals surface area contributed by atoms with Crippen molar-refractivity contribution in [2.24, 2.45) is 5.41 Å². The van der Waals surface area contributed by atoms with Gasteiger partial charge in [0.25, 0.3) is 0 Å². The number of aryl methyl sites for hydroxylation is 1. The summed E-state index contributed by atoms with van der Waals surface area (Å²) in [4.78, 5) is 11.8. The first-order valence-electron chi connectivity index (χ1n) is 7.03. The largest absolute Gasteiger partial charge is 0.496 e. The zero-order chi connectivity index (χ0) is 15.2. The normalized spacial score (nSPS) is 11.1.